The minimum absolute atomic E-state index is 0.0375. The highest BCUT2D eigenvalue weighted by atomic mass is 35.5. The van der Waals surface area contributed by atoms with Crippen LogP contribution in [0.4, 0.5) is 26.3 Å². The van der Waals surface area contributed by atoms with Crippen molar-refractivity contribution in [2.24, 2.45) is 0 Å². The zero-order valence-electron chi connectivity index (χ0n) is 21.2. The van der Waals surface area contributed by atoms with Crippen LogP contribution in [-0.4, -0.2) is 23.0 Å². The summed E-state index contributed by atoms with van der Waals surface area (Å²) in [6.07, 6.45) is -5.87. The van der Waals surface area contributed by atoms with Crippen molar-refractivity contribution in [2.45, 2.75) is 25.6 Å². The Morgan fingerprint density at radius 3 is 1.61 bits per heavy atom. The van der Waals surface area contributed by atoms with Crippen LogP contribution in [0.1, 0.15) is 32.7 Å². The number of hydrogen-bond donors (Lipinski definition) is 0. The van der Waals surface area contributed by atoms with Crippen molar-refractivity contribution in [1.82, 2.24) is 9.97 Å². The molecule has 6 nitrogen and oxygen atoms in total. The van der Waals surface area contributed by atoms with Gasteiger partial charge < -0.3 is 14.2 Å². The molecule has 0 aliphatic rings. The van der Waals surface area contributed by atoms with E-state index in [-0.39, 0.29) is 30.4 Å². The molecule has 0 spiro atoms. The Morgan fingerprint density at radius 1 is 0.732 bits per heavy atom. The lowest BCUT2D eigenvalue weighted by Crippen LogP contribution is -2.06. The molecule has 0 aliphatic heterocycles. The average Bonchev–Trinajstić information content (AvgIpc) is 2.95. The first-order chi connectivity index (χ1) is 19.3. The van der Waals surface area contributed by atoms with Crippen LogP contribution >= 0.6 is 11.6 Å². The summed E-state index contributed by atoms with van der Waals surface area (Å²) in [5.74, 6) is -0.304. The van der Waals surface area contributed by atoms with Crippen molar-refractivity contribution in [1.29, 1.82) is 0 Å². The molecule has 0 unspecified atom stereocenters. The molecule has 0 saturated heterocycles. The number of alkyl halides is 6. The van der Waals surface area contributed by atoms with E-state index in [4.69, 9.17) is 21.1 Å². The molecule has 4 rings (SSSR count). The van der Waals surface area contributed by atoms with Crippen LogP contribution in [0.15, 0.2) is 85.2 Å². The third kappa shape index (κ3) is 9.98. The van der Waals surface area contributed by atoms with Gasteiger partial charge in [-0.25, -0.2) is 14.8 Å². The van der Waals surface area contributed by atoms with Crippen LogP contribution in [-0.2, 0) is 30.3 Å². The molecule has 0 atom stereocenters. The number of hydrogen-bond acceptors (Lipinski definition) is 6. The SMILES string of the molecule is COC(=O)c1ccc(COc2cccc(C(F)(F)F)c2)cn1.FC(F)(F)c1cccc(OCc2ccc(Cl)nc2)c1. The van der Waals surface area contributed by atoms with Crippen LogP contribution in [0.5, 0.6) is 11.5 Å². The second-order valence-electron chi connectivity index (χ2n) is 8.16. The minimum atomic E-state index is -4.41. The van der Waals surface area contributed by atoms with E-state index in [0.29, 0.717) is 10.7 Å². The molecule has 2 heterocycles. The zero-order valence-corrected chi connectivity index (χ0v) is 21.9. The number of halogens is 7. The van der Waals surface area contributed by atoms with Gasteiger partial charge in [0, 0.05) is 23.5 Å². The lowest BCUT2D eigenvalue weighted by atomic mass is 10.2. The van der Waals surface area contributed by atoms with Gasteiger partial charge in [0.15, 0.2) is 0 Å². The van der Waals surface area contributed by atoms with E-state index < -0.39 is 29.4 Å². The van der Waals surface area contributed by atoms with Crippen molar-refractivity contribution >= 4 is 17.6 Å². The lowest BCUT2D eigenvalue weighted by molar-refractivity contribution is -0.138. The molecule has 0 aliphatic carbocycles. The zero-order chi connectivity index (χ0) is 30.0. The summed E-state index contributed by atoms with van der Waals surface area (Å²) < 4.78 is 90.3. The maximum absolute atomic E-state index is 12.6. The fourth-order valence-electron chi connectivity index (χ4n) is 3.08. The number of rotatable bonds is 7. The molecule has 0 saturated carbocycles. The largest absolute Gasteiger partial charge is 0.489 e. The Kier molecular flexibility index (Phi) is 10.5. The van der Waals surface area contributed by atoms with Crippen LogP contribution in [0.2, 0.25) is 5.15 Å². The van der Waals surface area contributed by atoms with Gasteiger partial charge in [-0.1, -0.05) is 35.9 Å². The number of pyridine rings is 2. The number of carbonyl (C=O) groups excluding carboxylic acids is 1. The van der Waals surface area contributed by atoms with Crippen LogP contribution < -0.4 is 9.47 Å². The molecule has 0 bridgehead atoms. The first-order valence-electron chi connectivity index (χ1n) is 11.6. The smallest absolute Gasteiger partial charge is 0.416 e. The maximum atomic E-state index is 12.6. The Labute approximate surface area is 235 Å². The number of benzene rings is 2. The van der Waals surface area contributed by atoms with E-state index >= 15 is 0 Å². The number of nitrogens with zero attached hydrogens (tertiary/aromatic N) is 2. The number of esters is 1. The van der Waals surface area contributed by atoms with Crippen molar-refractivity contribution in [3.8, 4) is 11.5 Å². The molecular weight excluding hydrogens is 578 g/mol. The summed E-state index contributed by atoms with van der Waals surface area (Å²) in [6.45, 7) is 0.168. The maximum Gasteiger partial charge on any atom is 0.416 e. The molecule has 13 heteroatoms. The van der Waals surface area contributed by atoms with Gasteiger partial charge in [-0.15, -0.1) is 0 Å². The van der Waals surface area contributed by atoms with Crippen LogP contribution in [0.3, 0.4) is 0 Å². The monoisotopic (exact) mass is 598 g/mol. The van der Waals surface area contributed by atoms with Gasteiger partial charge in [0.05, 0.1) is 18.2 Å². The standard InChI is InChI=1S/C15H12F3NO3.C13H9ClF3NO/c1-21-14(20)13-6-5-10(8-19-13)9-22-12-4-2-3-11(7-12)15(16,17)18;14-12-5-4-9(7-18-12)8-19-11-3-1-2-10(6-11)13(15,16)17/h2-8H,9H2,1H3;1-7H,8H2. The number of carbonyl (C=O) groups is 1. The molecule has 2 aromatic carbocycles. The average molecular weight is 599 g/mol. The summed E-state index contributed by atoms with van der Waals surface area (Å²) in [5.41, 5.74) is -0.0272. The Morgan fingerprint density at radius 2 is 1.22 bits per heavy atom. The summed E-state index contributed by atoms with van der Waals surface area (Å²) in [5, 5.41) is 0.350. The van der Waals surface area contributed by atoms with E-state index in [1.54, 1.807) is 18.2 Å². The Hall–Kier alpha value is -4.32. The molecule has 216 valence electrons. The number of methoxy groups -OCH3 is 1. The van der Waals surface area contributed by atoms with Crippen molar-refractivity contribution < 1.29 is 45.3 Å². The third-order valence-electron chi connectivity index (χ3n) is 5.14. The lowest BCUT2D eigenvalue weighted by Gasteiger charge is -2.10. The highest BCUT2D eigenvalue weighted by Crippen LogP contribution is 2.32. The summed E-state index contributed by atoms with van der Waals surface area (Å²) in [7, 11) is 1.24. The number of ether oxygens (including phenoxy) is 3. The van der Waals surface area contributed by atoms with Crippen molar-refractivity contribution in [2.75, 3.05) is 7.11 Å². The fraction of sp³-hybridized carbons (Fsp3) is 0.179. The van der Waals surface area contributed by atoms with Gasteiger partial charge >= 0.3 is 18.3 Å². The highest BCUT2D eigenvalue weighted by molar-refractivity contribution is 6.29. The van der Waals surface area contributed by atoms with Gasteiger partial charge in [-0.05, 0) is 48.5 Å². The van der Waals surface area contributed by atoms with E-state index in [2.05, 4.69) is 14.7 Å². The molecule has 0 N–H and O–H groups in total. The third-order valence-corrected chi connectivity index (χ3v) is 5.37. The Bertz CT molecular complexity index is 1430. The number of aromatic nitrogens is 2. The molecule has 0 amide bonds. The van der Waals surface area contributed by atoms with Gasteiger partial charge in [0.25, 0.3) is 0 Å². The molecule has 41 heavy (non-hydrogen) atoms. The minimum Gasteiger partial charge on any atom is -0.489 e. The van der Waals surface area contributed by atoms with Gasteiger partial charge in [0.2, 0.25) is 0 Å². The predicted octanol–water partition coefficient (Wildman–Crippen LogP) is 7.80. The van der Waals surface area contributed by atoms with E-state index in [0.717, 1.165) is 29.8 Å². The highest BCUT2D eigenvalue weighted by Gasteiger charge is 2.31. The second-order valence-corrected chi connectivity index (χ2v) is 8.55. The first kappa shape index (κ1) is 31.2. The molecule has 0 fully saturated rings. The van der Waals surface area contributed by atoms with E-state index in [9.17, 15) is 31.1 Å². The van der Waals surface area contributed by atoms with Gasteiger partial charge in [-0.3, -0.25) is 0 Å². The molecular formula is C28H21ClF6N2O4. The predicted molar refractivity (Wildman–Crippen MR) is 136 cm³/mol. The van der Waals surface area contributed by atoms with E-state index in [1.165, 1.54) is 49.8 Å². The van der Waals surface area contributed by atoms with Gasteiger partial charge in [-0.2, -0.15) is 26.3 Å². The molecule has 0 radical (unpaired) electrons. The second kappa shape index (κ2) is 13.8. The van der Waals surface area contributed by atoms with E-state index in [1.807, 2.05) is 0 Å². The van der Waals surface area contributed by atoms with Crippen molar-refractivity contribution in [3.63, 3.8) is 0 Å². The quantitative estimate of drug-likeness (QED) is 0.123. The topological polar surface area (TPSA) is 70.5 Å². The van der Waals surface area contributed by atoms with Gasteiger partial charge in [0.1, 0.15) is 35.6 Å². The normalized spacial score (nSPS) is 11.2. The summed E-state index contributed by atoms with van der Waals surface area (Å²) in [4.78, 5) is 19.0. The van der Waals surface area contributed by atoms with Crippen molar-refractivity contribution in [3.05, 3.63) is 118 Å². The Balaban J connectivity index is 0.000000228. The van der Waals surface area contributed by atoms with Crippen LogP contribution in [0.25, 0.3) is 0 Å². The summed E-state index contributed by atoms with van der Waals surface area (Å²) >= 11 is 5.62. The summed E-state index contributed by atoms with van der Waals surface area (Å²) in [6, 6.07) is 15.7. The van der Waals surface area contributed by atoms with Crippen LogP contribution in [0, 0.1) is 0 Å². The first-order valence-corrected chi connectivity index (χ1v) is 12.0. The molecule has 2 aromatic heterocycles. The fourth-order valence-corrected chi connectivity index (χ4v) is 3.20. The molecule has 4 aromatic rings.